The Kier molecular flexibility index (Phi) is 17.4. The Labute approximate surface area is 288 Å². The van der Waals surface area contributed by atoms with E-state index in [9.17, 15) is 24.6 Å². The molecule has 268 valence electrons. The van der Waals surface area contributed by atoms with Crippen molar-refractivity contribution in [2.24, 2.45) is 17.8 Å². The summed E-state index contributed by atoms with van der Waals surface area (Å²) in [5.74, 6) is 1.40. The van der Waals surface area contributed by atoms with Crippen LogP contribution in [0, 0.1) is 30.1 Å². The van der Waals surface area contributed by atoms with Gasteiger partial charge in [0, 0.05) is 46.1 Å². The van der Waals surface area contributed by atoms with Gasteiger partial charge in [0.05, 0.1) is 31.3 Å². The van der Waals surface area contributed by atoms with E-state index in [4.69, 9.17) is 11.2 Å². The van der Waals surface area contributed by atoms with Crippen LogP contribution in [-0.4, -0.2) is 108 Å². The first-order valence-electron chi connectivity index (χ1n) is 18.1. The van der Waals surface area contributed by atoms with Gasteiger partial charge in [-0.1, -0.05) is 76.3 Å². The Morgan fingerprint density at radius 2 is 1.73 bits per heavy atom. The largest absolute Gasteiger partial charge is 0.390 e. The van der Waals surface area contributed by atoms with Gasteiger partial charge >= 0.3 is 0 Å². The summed E-state index contributed by atoms with van der Waals surface area (Å²) in [7, 11) is 1.76. The molecular formula is C38H60N4O6. The molecule has 10 nitrogen and oxygen atoms in total. The lowest BCUT2D eigenvalue weighted by molar-refractivity contribution is -0.137. The van der Waals surface area contributed by atoms with E-state index < -0.39 is 42.0 Å². The molecule has 3 amide bonds. The monoisotopic (exact) mass is 668 g/mol. The predicted molar refractivity (Wildman–Crippen MR) is 188 cm³/mol. The van der Waals surface area contributed by atoms with Crippen molar-refractivity contribution in [1.82, 2.24) is 20.4 Å². The molecule has 1 saturated heterocycles. The number of benzene rings is 1. The molecule has 10 heteroatoms. The maximum atomic E-state index is 13.9. The molecule has 1 aromatic carbocycles. The topological polar surface area (TPSA) is 131 Å². The van der Waals surface area contributed by atoms with Gasteiger partial charge in [-0.15, -0.1) is 12.3 Å². The summed E-state index contributed by atoms with van der Waals surface area (Å²) in [6, 6.07) is 7.93. The first-order chi connectivity index (χ1) is 23.1. The maximum absolute atomic E-state index is 13.9. The summed E-state index contributed by atoms with van der Waals surface area (Å²) < 4.78 is 5.42. The number of carbonyl (C=O) groups excluding carboxylic acids is 3. The van der Waals surface area contributed by atoms with Gasteiger partial charge in [0.2, 0.25) is 17.7 Å². The molecular weight excluding hydrogens is 608 g/mol. The number of terminal acetylenes is 1. The van der Waals surface area contributed by atoms with Gasteiger partial charge in [-0.05, 0) is 43.1 Å². The lowest BCUT2D eigenvalue weighted by Gasteiger charge is -2.34. The van der Waals surface area contributed by atoms with Crippen LogP contribution in [0.3, 0.4) is 0 Å². The molecule has 1 saturated carbocycles. The summed E-state index contributed by atoms with van der Waals surface area (Å²) >= 11 is 0. The molecule has 0 spiro atoms. The van der Waals surface area contributed by atoms with E-state index in [1.54, 1.807) is 11.9 Å². The Balaban J connectivity index is 1.73. The van der Waals surface area contributed by atoms with Crippen molar-refractivity contribution in [3.8, 4) is 12.3 Å². The van der Waals surface area contributed by atoms with Crippen molar-refractivity contribution in [1.29, 1.82) is 0 Å². The van der Waals surface area contributed by atoms with Crippen molar-refractivity contribution in [2.75, 3.05) is 46.4 Å². The number of likely N-dealkylation sites (N-methyl/N-ethyl adjacent to an activating group) is 1. The number of carbonyl (C=O) groups is 3. The summed E-state index contributed by atoms with van der Waals surface area (Å²) in [4.78, 5) is 45.1. The Bertz CT molecular complexity index is 1150. The number of hydrogen-bond donors (Lipinski definition) is 4. The zero-order valence-electron chi connectivity index (χ0n) is 29.4. The number of hydrogen-bond acceptors (Lipinski definition) is 7. The third-order valence-electron chi connectivity index (χ3n) is 9.77. The number of nitrogens with zero attached hydrogens (tertiary/aromatic N) is 2. The van der Waals surface area contributed by atoms with E-state index in [0.29, 0.717) is 44.9 Å². The van der Waals surface area contributed by atoms with Gasteiger partial charge in [0.25, 0.3) is 0 Å². The van der Waals surface area contributed by atoms with Crippen LogP contribution in [0.4, 0.5) is 0 Å². The number of aliphatic hydroxyl groups excluding tert-OH is 2. The van der Waals surface area contributed by atoms with E-state index in [2.05, 4.69) is 21.5 Å². The molecule has 1 aromatic rings. The van der Waals surface area contributed by atoms with Gasteiger partial charge in [-0.2, -0.15) is 0 Å². The number of amides is 3. The molecule has 0 bridgehead atoms. The second kappa shape index (κ2) is 21.2. The molecule has 1 heterocycles. The number of rotatable bonds is 19. The maximum Gasteiger partial charge on any atom is 0.242 e. The minimum Gasteiger partial charge on any atom is -0.390 e. The van der Waals surface area contributed by atoms with Crippen LogP contribution < -0.4 is 10.6 Å². The van der Waals surface area contributed by atoms with E-state index in [1.807, 2.05) is 44.2 Å². The highest BCUT2D eigenvalue weighted by molar-refractivity contribution is 5.91. The molecule has 5 atom stereocenters. The summed E-state index contributed by atoms with van der Waals surface area (Å²) in [5, 5.41) is 28.0. The SMILES string of the molecule is C#CCC[C@H](NC(=O)[C@@H](CC(=O)N(C)CCN1CCOCC1)Cc1ccccc1)C(=O)N[C@@H](CC1CCCCC1)[C@@H](O)[C@@H](O)CC(C)C. The summed E-state index contributed by atoms with van der Waals surface area (Å²) in [6.45, 7) is 8.26. The van der Waals surface area contributed by atoms with Crippen LogP contribution >= 0.6 is 0 Å². The quantitative estimate of drug-likeness (QED) is 0.167. The molecule has 2 aliphatic rings. The van der Waals surface area contributed by atoms with Crippen LogP contribution in [0.15, 0.2) is 30.3 Å². The molecule has 0 radical (unpaired) electrons. The van der Waals surface area contributed by atoms with E-state index in [0.717, 1.165) is 50.9 Å². The fourth-order valence-electron chi connectivity index (χ4n) is 6.79. The molecule has 2 fully saturated rings. The van der Waals surface area contributed by atoms with Gasteiger partial charge < -0.3 is 30.5 Å². The number of aliphatic hydroxyl groups is 2. The molecule has 1 aliphatic carbocycles. The average Bonchev–Trinajstić information content (AvgIpc) is 3.08. The Hall–Kier alpha value is -2.97. The zero-order chi connectivity index (χ0) is 34.9. The normalized spacial score (nSPS) is 19.0. The van der Waals surface area contributed by atoms with Crippen LogP contribution in [-0.2, 0) is 25.5 Å². The van der Waals surface area contributed by atoms with Gasteiger partial charge in [-0.25, -0.2) is 0 Å². The fraction of sp³-hybridized carbons (Fsp3) is 0.711. The van der Waals surface area contributed by atoms with E-state index >= 15 is 0 Å². The van der Waals surface area contributed by atoms with Crippen molar-refractivity contribution in [3.05, 3.63) is 35.9 Å². The van der Waals surface area contributed by atoms with E-state index in [-0.39, 0.29) is 31.1 Å². The van der Waals surface area contributed by atoms with Gasteiger partial charge in [0.1, 0.15) is 12.1 Å². The van der Waals surface area contributed by atoms with Crippen molar-refractivity contribution >= 4 is 17.7 Å². The Morgan fingerprint density at radius 1 is 1.04 bits per heavy atom. The second-order valence-corrected chi connectivity index (χ2v) is 14.2. The lowest BCUT2D eigenvalue weighted by atomic mass is 9.82. The number of nitrogens with one attached hydrogen (secondary N) is 2. The fourth-order valence-corrected chi connectivity index (χ4v) is 6.79. The van der Waals surface area contributed by atoms with Crippen LogP contribution in [0.2, 0.25) is 0 Å². The van der Waals surface area contributed by atoms with Crippen LogP contribution in [0.25, 0.3) is 0 Å². The highest BCUT2D eigenvalue weighted by Gasteiger charge is 2.34. The molecule has 4 N–H and O–H groups in total. The first kappa shape index (κ1) is 39.5. The molecule has 0 aromatic heterocycles. The second-order valence-electron chi connectivity index (χ2n) is 14.2. The lowest BCUT2D eigenvalue weighted by Crippen LogP contribution is -2.56. The standard InChI is InChI=1S/C38H60N4O6/c1-5-6-17-32(38(47)40-33(26-30-15-11-8-12-16-30)36(45)34(43)24-28(2)3)39-37(46)31(25-29-13-9-7-10-14-29)27-35(44)41(4)18-19-42-20-22-48-23-21-42/h1,7,9-10,13-14,28,30-34,36,43,45H,6,8,11-12,15-27H2,2-4H3,(H,39,46)(H,40,47)/t31-,32+,33+,34+,36-/m1/s1. The number of morpholine rings is 1. The van der Waals surface area contributed by atoms with E-state index in [1.165, 1.54) is 6.42 Å². The zero-order valence-corrected chi connectivity index (χ0v) is 29.4. The van der Waals surface area contributed by atoms with Crippen molar-refractivity contribution in [2.45, 2.75) is 109 Å². The molecule has 3 rings (SSSR count). The number of ether oxygens (including phenoxy) is 1. The van der Waals surface area contributed by atoms with Crippen molar-refractivity contribution in [3.63, 3.8) is 0 Å². The highest BCUT2D eigenvalue weighted by atomic mass is 16.5. The summed E-state index contributed by atoms with van der Waals surface area (Å²) in [5.41, 5.74) is 0.917. The third-order valence-corrected chi connectivity index (χ3v) is 9.77. The average molecular weight is 669 g/mol. The molecule has 1 aliphatic heterocycles. The van der Waals surface area contributed by atoms with Gasteiger partial charge in [0.15, 0.2) is 0 Å². The van der Waals surface area contributed by atoms with Crippen molar-refractivity contribution < 1.29 is 29.3 Å². The molecule has 0 unspecified atom stereocenters. The molecule has 48 heavy (non-hydrogen) atoms. The minimum absolute atomic E-state index is 0.00572. The van der Waals surface area contributed by atoms with Crippen LogP contribution in [0.5, 0.6) is 0 Å². The highest BCUT2D eigenvalue weighted by Crippen LogP contribution is 2.29. The van der Waals surface area contributed by atoms with Crippen LogP contribution in [0.1, 0.15) is 83.6 Å². The smallest absolute Gasteiger partial charge is 0.242 e. The third kappa shape index (κ3) is 13.9. The van der Waals surface area contributed by atoms with Gasteiger partial charge in [-0.3, -0.25) is 19.3 Å². The first-order valence-corrected chi connectivity index (χ1v) is 18.1. The summed E-state index contributed by atoms with van der Waals surface area (Å²) in [6.07, 6.45) is 10.7. The minimum atomic E-state index is -1.14. The predicted octanol–water partition coefficient (Wildman–Crippen LogP) is 3.15. The Morgan fingerprint density at radius 3 is 2.38 bits per heavy atom.